The van der Waals surface area contributed by atoms with Gasteiger partial charge in [0.05, 0.1) is 5.69 Å². The molecule has 0 saturated heterocycles. The molecule has 6 nitrogen and oxygen atoms in total. The Balaban J connectivity index is 1.45. The van der Waals surface area contributed by atoms with Crippen LogP contribution < -0.4 is 5.32 Å². The van der Waals surface area contributed by atoms with Crippen LogP contribution in [0.4, 0.5) is 5.69 Å². The number of rotatable bonds is 4. The Hall–Kier alpha value is -3.67. The molecule has 0 saturated carbocycles. The Kier molecular flexibility index (Phi) is 4.07. The maximum atomic E-state index is 12.0. The lowest BCUT2D eigenvalue weighted by atomic mass is 10.1. The van der Waals surface area contributed by atoms with Gasteiger partial charge < -0.3 is 9.73 Å². The maximum Gasteiger partial charge on any atom is 0.248 e. The first-order chi connectivity index (χ1) is 12.7. The van der Waals surface area contributed by atoms with Gasteiger partial charge in [-0.3, -0.25) is 9.20 Å². The quantitative estimate of drug-likeness (QED) is 0.569. The third-order valence-corrected chi connectivity index (χ3v) is 3.84. The number of anilines is 1. The molecule has 0 spiro atoms. The van der Waals surface area contributed by atoms with E-state index < -0.39 is 0 Å². The summed E-state index contributed by atoms with van der Waals surface area (Å²) in [5.74, 6) is 1.89. The van der Waals surface area contributed by atoms with Gasteiger partial charge in [0.25, 0.3) is 0 Å². The highest BCUT2D eigenvalue weighted by Crippen LogP contribution is 2.20. The summed E-state index contributed by atoms with van der Waals surface area (Å²) in [7, 11) is 0. The van der Waals surface area contributed by atoms with Crippen molar-refractivity contribution < 1.29 is 9.21 Å². The highest BCUT2D eigenvalue weighted by Gasteiger charge is 2.05. The Bertz CT molecular complexity index is 1060. The number of carbonyl (C=O) groups is 1. The summed E-state index contributed by atoms with van der Waals surface area (Å²) >= 11 is 0. The lowest BCUT2D eigenvalue weighted by Gasteiger charge is -2.03. The maximum absolute atomic E-state index is 12.0. The molecule has 0 aliphatic rings. The van der Waals surface area contributed by atoms with Gasteiger partial charge in [0.15, 0.2) is 0 Å². The first kappa shape index (κ1) is 15.8. The van der Waals surface area contributed by atoms with Crippen LogP contribution in [0, 0.1) is 6.92 Å². The molecule has 128 valence electrons. The molecule has 0 atom stereocenters. The first-order valence-electron chi connectivity index (χ1n) is 8.13. The van der Waals surface area contributed by atoms with E-state index in [4.69, 9.17) is 4.42 Å². The number of fused-ring (bicyclic) bond motifs is 1. The number of furan rings is 1. The van der Waals surface area contributed by atoms with Crippen LogP contribution in [0.15, 0.2) is 71.5 Å². The minimum absolute atomic E-state index is 0.219. The fraction of sp³-hybridized carbons (Fsp3) is 0.0500. The summed E-state index contributed by atoms with van der Waals surface area (Å²) in [5.41, 5.74) is 2.49. The number of amides is 1. The number of hydrogen-bond donors (Lipinski definition) is 1. The van der Waals surface area contributed by atoms with Crippen LogP contribution in [0.2, 0.25) is 0 Å². The third-order valence-electron chi connectivity index (χ3n) is 3.84. The van der Waals surface area contributed by atoms with E-state index in [-0.39, 0.29) is 5.91 Å². The first-order valence-corrected chi connectivity index (χ1v) is 8.13. The lowest BCUT2D eigenvalue weighted by molar-refractivity contribution is -0.111. The summed E-state index contributed by atoms with van der Waals surface area (Å²) in [6, 6.07) is 13.0. The predicted octanol–water partition coefficient (Wildman–Crippen LogP) is 3.95. The number of benzene rings is 1. The van der Waals surface area contributed by atoms with Gasteiger partial charge in [-0.15, -0.1) is 0 Å². The number of aryl methyl sites for hydroxylation is 1. The van der Waals surface area contributed by atoms with E-state index in [1.807, 2.05) is 66.2 Å². The van der Waals surface area contributed by atoms with Gasteiger partial charge in [-0.2, -0.15) is 0 Å². The number of hydrogen-bond acceptors (Lipinski definition) is 4. The van der Waals surface area contributed by atoms with Gasteiger partial charge >= 0.3 is 0 Å². The Morgan fingerprint density at radius 2 is 2.04 bits per heavy atom. The van der Waals surface area contributed by atoms with E-state index >= 15 is 0 Å². The van der Waals surface area contributed by atoms with E-state index in [1.165, 1.54) is 6.08 Å². The molecule has 26 heavy (non-hydrogen) atoms. The van der Waals surface area contributed by atoms with E-state index in [2.05, 4.69) is 15.3 Å². The molecule has 1 N–H and O–H groups in total. The Labute approximate surface area is 149 Å². The van der Waals surface area contributed by atoms with Crippen molar-refractivity contribution in [2.75, 3.05) is 5.32 Å². The van der Waals surface area contributed by atoms with Crippen molar-refractivity contribution >= 4 is 23.4 Å². The summed E-state index contributed by atoms with van der Waals surface area (Å²) in [6.45, 7) is 1.86. The van der Waals surface area contributed by atoms with Crippen LogP contribution in [0.5, 0.6) is 0 Å². The van der Waals surface area contributed by atoms with Crippen molar-refractivity contribution in [3.8, 4) is 11.3 Å². The number of nitrogens with zero attached hydrogens (tertiary/aromatic N) is 3. The molecule has 0 fully saturated rings. The average molecular weight is 344 g/mol. The molecule has 0 aliphatic carbocycles. The average Bonchev–Trinajstić information content (AvgIpc) is 3.26. The molecule has 1 amide bonds. The number of nitrogens with one attached hydrogen (secondary N) is 1. The standard InChI is InChI=1S/C20H16N4O2/c1-14-3-8-17(26-14)9-10-19(25)22-16-6-4-15(5-7-16)18-13-24-12-2-11-21-20(24)23-18/h2-13H,1H3,(H,22,25)/b10-9-. The smallest absolute Gasteiger partial charge is 0.248 e. The zero-order chi connectivity index (χ0) is 17.9. The van der Waals surface area contributed by atoms with Gasteiger partial charge in [-0.25, -0.2) is 9.97 Å². The van der Waals surface area contributed by atoms with Crippen LogP contribution in [-0.2, 0) is 4.79 Å². The minimum Gasteiger partial charge on any atom is -0.462 e. The molecule has 3 aromatic heterocycles. The van der Waals surface area contributed by atoms with Crippen molar-refractivity contribution in [3.05, 3.63) is 78.7 Å². The molecule has 0 bridgehead atoms. The Morgan fingerprint density at radius 1 is 1.19 bits per heavy atom. The fourth-order valence-electron chi connectivity index (χ4n) is 2.58. The van der Waals surface area contributed by atoms with Gasteiger partial charge in [0.1, 0.15) is 11.5 Å². The summed E-state index contributed by atoms with van der Waals surface area (Å²) in [6.07, 6.45) is 8.62. The molecule has 4 rings (SSSR count). The topological polar surface area (TPSA) is 72.4 Å². The molecule has 6 heteroatoms. The van der Waals surface area contributed by atoms with Crippen molar-refractivity contribution in [2.24, 2.45) is 0 Å². The van der Waals surface area contributed by atoms with Crippen molar-refractivity contribution in [3.63, 3.8) is 0 Å². The highest BCUT2D eigenvalue weighted by molar-refractivity contribution is 6.01. The van der Waals surface area contributed by atoms with Gasteiger partial charge in [0.2, 0.25) is 11.7 Å². The van der Waals surface area contributed by atoms with Crippen LogP contribution in [0.3, 0.4) is 0 Å². The SMILES string of the molecule is Cc1ccc(/C=C\C(=O)Nc2ccc(-c3cn4cccnc4n3)cc2)o1. The van der Waals surface area contributed by atoms with Crippen LogP contribution >= 0.6 is 0 Å². The van der Waals surface area contributed by atoms with Crippen LogP contribution in [-0.4, -0.2) is 20.3 Å². The minimum atomic E-state index is -0.219. The molecule has 1 aromatic carbocycles. The zero-order valence-corrected chi connectivity index (χ0v) is 14.1. The number of imidazole rings is 1. The van der Waals surface area contributed by atoms with Crippen LogP contribution in [0.1, 0.15) is 11.5 Å². The van der Waals surface area contributed by atoms with Crippen molar-refractivity contribution in [1.29, 1.82) is 0 Å². The second-order valence-corrected chi connectivity index (χ2v) is 5.80. The van der Waals surface area contributed by atoms with E-state index in [0.717, 1.165) is 17.0 Å². The molecule has 4 aromatic rings. The van der Waals surface area contributed by atoms with Gasteiger partial charge in [-0.1, -0.05) is 12.1 Å². The van der Waals surface area contributed by atoms with Gasteiger partial charge in [-0.05, 0) is 43.3 Å². The van der Waals surface area contributed by atoms with E-state index in [1.54, 1.807) is 12.3 Å². The number of aromatic nitrogens is 3. The Morgan fingerprint density at radius 3 is 2.77 bits per heavy atom. The molecular weight excluding hydrogens is 328 g/mol. The second-order valence-electron chi connectivity index (χ2n) is 5.80. The molecule has 0 aliphatic heterocycles. The summed E-state index contributed by atoms with van der Waals surface area (Å²) < 4.78 is 7.26. The van der Waals surface area contributed by atoms with Crippen molar-refractivity contribution in [2.45, 2.75) is 6.92 Å². The second kappa shape index (κ2) is 6.68. The predicted molar refractivity (Wildman–Crippen MR) is 99.5 cm³/mol. The summed E-state index contributed by atoms with van der Waals surface area (Å²) in [5, 5.41) is 2.82. The zero-order valence-electron chi connectivity index (χ0n) is 14.1. The molecule has 0 unspecified atom stereocenters. The van der Waals surface area contributed by atoms with E-state index in [0.29, 0.717) is 17.2 Å². The van der Waals surface area contributed by atoms with Crippen LogP contribution in [0.25, 0.3) is 23.1 Å². The van der Waals surface area contributed by atoms with Gasteiger partial charge in [0, 0.05) is 35.9 Å². The third kappa shape index (κ3) is 3.39. The number of carbonyl (C=O) groups excluding carboxylic acids is 1. The highest BCUT2D eigenvalue weighted by atomic mass is 16.3. The lowest BCUT2D eigenvalue weighted by Crippen LogP contribution is -2.07. The largest absolute Gasteiger partial charge is 0.462 e. The molecular formula is C20H16N4O2. The monoisotopic (exact) mass is 344 g/mol. The van der Waals surface area contributed by atoms with E-state index in [9.17, 15) is 4.79 Å². The van der Waals surface area contributed by atoms with Crippen molar-refractivity contribution in [1.82, 2.24) is 14.4 Å². The molecule has 0 radical (unpaired) electrons. The summed E-state index contributed by atoms with van der Waals surface area (Å²) in [4.78, 5) is 20.7. The molecule has 3 heterocycles. The normalized spacial score (nSPS) is 11.3. The fourth-order valence-corrected chi connectivity index (χ4v) is 2.58.